The monoisotopic (exact) mass is 533 g/mol. The number of hydrogen-bond acceptors (Lipinski definition) is 4. The van der Waals surface area contributed by atoms with Gasteiger partial charge in [-0.25, -0.2) is 9.18 Å². The maximum absolute atomic E-state index is 15.7. The quantitative estimate of drug-likeness (QED) is 0.463. The number of aliphatic carboxylic acids is 1. The molecule has 1 N–H and O–H groups in total. The molecule has 2 aromatic rings. The first kappa shape index (κ1) is 25.9. The average molecular weight is 535 g/mol. The predicted molar refractivity (Wildman–Crippen MR) is 113 cm³/mol. The lowest BCUT2D eigenvalue weighted by Crippen LogP contribution is -2.38. The van der Waals surface area contributed by atoms with Crippen LogP contribution in [-0.4, -0.2) is 40.7 Å². The van der Waals surface area contributed by atoms with Crippen molar-refractivity contribution in [2.45, 2.75) is 38.1 Å². The summed E-state index contributed by atoms with van der Waals surface area (Å²) in [5.74, 6) is -2.63. The molecule has 1 aromatic carbocycles. The molecule has 0 aliphatic carbocycles. The number of nitrogens with zero attached hydrogens (tertiary/aromatic N) is 1. The Hall–Kier alpha value is -1.72. The fourth-order valence-electron chi connectivity index (χ4n) is 3.30. The molecule has 1 saturated heterocycles. The van der Waals surface area contributed by atoms with Crippen LogP contribution in [0.3, 0.4) is 0 Å². The highest BCUT2D eigenvalue weighted by atomic mass is 35.5. The number of carbonyl (C=O) groups is 1. The largest absolute Gasteiger partial charge is 0.478 e. The van der Waals surface area contributed by atoms with Crippen LogP contribution in [-0.2, 0) is 33.9 Å². The zero-order chi connectivity index (χ0) is 24.9. The second-order valence-corrected chi connectivity index (χ2v) is 8.93. The molecule has 1 aliphatic rings. The van der Waals surface area contributed by atoms with Crippen molar-refractivity contribution >= 4 is 40.8 Å². The molecule has 1 unspecified atom stereocenters. The van der Waals surface area contributed by atoms with E-state index < -0.39 is 56.7 Å². The molecule has 0 amide bonds. The standard InChI is InChI=1S/C20H18Cl3F4NO5/c1-19(2,18(29)30)33-11-5-9(12-14(22)16(20(25,26)27)28(3)17(12)23)15(24)10(13(11)21)4-8-6-31-7-32-8/h5,8H,4,6-7H2,1-3H3,(H,29,30). The van der Waals surface area contributed by atoms with Crippen LogP contribution in [0.5, 0.6) is 5.75 Å². The number of carboxylic acids is 1. The molecule has 0 spiro atoms. The molecule has 1 fully saturated rings. The van der Waals surface area contributed by atoms with Gasteiger partial charge < -0.3 is 23.9 Å². The van der Waals surface area contributed by atoms with Gasteiger partial charge in [-0.1, -0.05) is 34.8 Å². The third-order valence-corrected chi connectivity index (χ3v) is 6.29. The summed E-state index contributed by atoms with van der Waals surface area (Å²) in [6.07, 6.45) is -5.60. The summed E-state index contributed by atoms with van der Waals surface area (Å²) in [5, 5.41) is 7.83. The van der Waals surface area contributed by atoms with E-state index in [1.165, 1.54) is 13.8 Å². The molecule has 0 saturated carbocycles. The number of alkyl halides is 3. The van der Waals surface area contributed by atoms with E-state index in [1.807, 2.05) is 0 Å². The normalized spacial score (nSPS) is 17.0. The molecule has 1 aliphatic heterocycles. The van der Waals surface area contributed by atoms with Crippen molar-refractivity contribution in [2.75, 3.05) is 13.4 Å². The summed E-state index contributed by atoms with van der Waals surface area (Å²) < 4.78 is 72.8. The van der Waals surface area contributed by atoms with E-state index in [1.54, 1.807) is 0 Å². The van der Waals surface area contributed by atoms with Gasteiger partial charge in [0.2, 0.25) is 0 Å². The van der Waals surface area contributed by atoms with Crippen molar-refractivity contribution < 1.29 is 41.7 Å². The molecular formula is C20H18Cl3F4NO5. The Morgan fingerprint density at radius 3 is 2.39 bits per heavy atom. The number of halogens is 7. The van der Waals surface area contributed by atoms with Gasteiger partial charge in [-0.2, -0.15) is 13.2 Å². The van der Waals surface area contributed by atoms with Crippen molar-refractivity contribution in [2.24, 2.45) is 7.05 Å². The lowest BCUT2D eigenvalue weighted by atomic mass is 9.99. The van der Waals surface area contributed by atoms with Gasteiger partial charge in [0.05, 0.1) is 22.8 Å². The fraction of sp³-hybridized carbons (Fsp3) is 0.450. The lowest BCUT2D eigenvalue weighted by Gasteiger charge is -2.24. The van der Waals surface area contributed by atoms with Gasteiger partial charge >= 0.3 is 12.1 Å². The van der Waals surface area contributed by atoms with E-state index in [4.69, 9.17) is 49.0 Å². The van der Waals surface area contributed by atoms with Gasteiger partial charge in [0.1, 0.15) is 29.2 Å². The number of rotatable bonds is 6. The Labute approximate surface area is 200 Å². The Kier molecular flexibility index (Phi) is 7.18. The Morgan fingerprint density at radius 1 is 1.27 bits per heavy atom. The molecule has 13 heteroatoms. The molecule has 1 aromatic heterocycles. The third-order valence-electron chi connectivity index (χ3n) is 5.06. The molecule has 2 heterocycles. The van der Waals surface area contributed by atoms with Gasteiger partial charge in [0.15, 0.2) is 5.60 Å². The maximum atomic E-state index is 15.7. The summed E-state index contributed by atoms with van der Waals surface area (Å²) in [4.78, 5) is 11.5. The Balaban J connectivity index is 2.27. The first-order valence-corrected chi connectivity index (χ1v) is 10.5. The van der Waals surface area contributed by atoms with E-state index in [-0.39, 0.29) is 36.2 Å². The van der Waals surface area contributed by atoms with Crippen LogP contribution in [0.1, 0.15) is 25.1 Å². The first-order chi connectivity index (χ1) is 15.2. The highest BCUT2D eigenvalue weighted by molar-refractivity contribution is 6.40. The van der Waals surface area contributed by atoms with E-state index in [0.29, 0.717) is 4.57 Å². The van der Waals surface area contributed by atoms with Crippen LogP contribution in [0, 0.1) is 5.82 Å². The average Bonchev–Trinajstić information content (AvgIpc) is 3.27. The lowest BCUT2D eigenvalue weighted by molar-refractivity contribution is -0.152. The van der Waals surface area contributed by atoms with Crippen molar-refractivity contribution in [1.82, 2.24) is 4.57 Å². The minimum Gasteiger partial charge on any atom is -0.478 e. The molecule has 6 nitrogen and oxygen atoms in total. The molecule has 33 heavy (non-hydrogen) atoms. The van der Waals surface area contributed by atoms with Gasteiger partial charge in [-0.05, 0) is 19.9 Å². The summed E-state index contributed by atoms with van der Waals surface area (Å²) in [6.45, 7) is 2.56. The van der Waals surface area contributed by atoms with E-state index in [2.05, 4.69) is 0 Å². The smallest absolute Gasteiger partial charge is 0.432 e. The number of ether oxygens (including phenoxy) is 3. The first-order valence-electron chi connectivity index (χ1n) is 9.40. The number of benzene rings is 1. The van der Waals surface area contributed by atoms with E-state index >= 15 is 4.39 Å². The van der Waals surface area contributed by atoms with Crippen LogP contribution >= 0.6 is 34.8 Å². The van der Waals surface area contributed by atoms with Crippen LogP contribution in [0.4, 0.5) is 17.6 Å². The molecule has 0 bridgehead atoms. The summed E-state index contributed by atoms with van der Waals surface area (Å²) >= 11 is 18.5. The second kappa shape index (κ2) is 9.14. The van der Waals surface area contributed by atoms with Crippen molar-refractivity contribution in [3.05, 3.63) is 38.3 Å². The topological polar surface area (TPSA) is 69.9 Å². The fourth-order valence-corrected chi connectivity index (χ4v) is 4.31. The van der Waals surface area contributed by atoms with Gasteiger partial charge in [-0.3, -0.25) is 0 Å². The van der Waals surface area contributed by atoms with Crippen LogP contribution in [0.25, 0.3) is 11.1 Å². The zero-order valence-electron chi connectivity index (χ0n) is 17.4. The van der Waals surface area contributed by atoms with Crippen LogP contribution in [0.15, 0.2) is 6.07 Å². The minimum absolute atomic E-state index is 0.0235. The highest BCUT2D eigenvalue weighted by Gasteiger charge is 2.41. The van der Waals surface area contributed by atoms with Gasteiger partial charge in [-0.15, -0.1) is 0 Å². The summed E-state index contributed by atoms with van der Waals surface area (Å²) in [5.41, 5.74) is -4.13. The highest BCUT2D eigenvalue weighted by Crippen LogP contribution is 2.49. The molecule has 182 valence electrons. The van der Waals surface area contributed by atoms with Crippen LogP contribution < -0.4 is 4.74 Å². The Bertz CT molecular complexity index is 1090. The zero-order valence-corrected chi connectivity index (χ0v) is 19.7. The molecular weight excluding hydrogens is 517 g/mol. The van der Waals surface area contributed by atoms with E-state index in [9.17, 15) is 23.1 Å². The van der Waals surface area contributed by atoms with Crippen molar-refractivity contribution in [3.63, 3.8) is 0 Å². The number of aromatic nitrogens is 1. The predicted octanol–water partition coefficient (Wildman–Crippen LogP) is 5.97. The summed E-state index contributed by atoms with van der Waals surface area (Å²) in [6, 6.07) is 0.977. The summed E-state index contributed by atoms with van der Waals surface area (Å²) in [7, 11) is 1.03. The minimum atomic E-state index is -4.88. The number of carboxylic acid groups (broad SMARTS) is 1. The van der Waals surface area contributed by atoms with Crippen LogP contribution in [0.2, 0.25) is 15.2 Å². The van der Waals surface area contributed by atoms with Crippen molar-refractivity contribution in [1.29, 1.82) is 0 Å². The van der Waals surface area contributed by atoms with E-state index in [0.717, 1.165) is 13.1 Å². The SMILES string of the molecule is Cn1c(Cl)c(-c2cc(OC(C)(C)C(=O)O)c(Cl)c(CC3COCO3)c2F)c(Cl)c1C(F)(F)F. The second-order valence-electron chi connectivity index (χ2n) is 7.81. The molecule has 3 rings (SSSR count). The van der Waals surface area contributed by atoms with Gasteiger partial charge in [0, 0.05) is 30.2 Å². The van der Waals surface area contributed by atoms with Gasteiger partial charge in [0.25, 0.3) is 0 Å². The third kappa shape index (κ3) is 4.90. The molecule has 1 atom stereocenters. The maximum Gasteiger partial charge on any atom is 0.432 e. The number of hydrogen-bond donors (Lipinski definition) is 1. The molecule has 0 radical (unpaired) electrons. The Morgan fingerprint density at radius 2 is 1.91 bits per heavy atom. The van der Waals surface area contributed by atoms with Crippen molar-refractivity contribution in [3.8, 4) is 16.9 Å².